The lowest BCUT2D eigenvalue weighted by atomic mass is 9.80. The molecule has 2 aromatic rings. The summed E-state index contributed by atoms with van der Waals surface area (Å²) >= 11 is 0. The van der Waals surface area contributed by atoms with E-state index in [1.165, 1.54) is 30.4 Å². The standard InChI is InChI=1S/C44H65N3O5/c1-2-3-6-11-32-16-17-35(41(49)27-32)14-9-5-10-15-39(43(50)51)40(48)20-22-44(52)30-34(24-33-21-23-46-42(45)28-33)25-36(44)29-38-19-18-37(47-38)26-31-12-7-4-8-13-31/h4,7-8,12-13,16-19,21,28,32,34-36,39-41,46-49,52H,2-3,5-6,9-11,14-15,20,22-27,29-30,45H2,1H3,(H,50,51)/t32-,34-,35-,36+,39+,40-,41-,44+/m1/s1. The van der Waals surface area contributed by atoms with Crippen LogP contribution >= 0.6 is 0 Å². The van der Waals surface area contributed by atoms with Crippen LogP contribution in [0.25, 0.3) is 0 Å². The lowest BCUT2D eigenvalue weighted by Gasteiger charge is -2.32. The number of carbonyl (C=O) groups is 1. The molecule has 52 heavy (non-hydrogen) atoms. The van der Waals surface area contributed by atoms with Crippen molar-refractivity contribution in [1.82, 2.24) is 10.3 Å². The number of aliphatic hydroxyl groups excluding tert-OH is 2. The van der Waals surface area contributed by atoms with E-state index in [2.05, 4.69) is 59.7 Å². The van der Waals surface area contributed by atoms with Crippen LogP contribution in [0.3, 0.4) is 0 Å². The third kappa shape index (κ3) is 11.8. The predicted molar refractivity (Wildman–Crippen MR) is 208 cm³/mol. The molecule has 8 nitrogen and oxygen atoms in total. The van der Waals surface area contributed by atoms with Crippen LogP contribution in [0.4, 0.5) is 0 Å². The van der Waals surface area contributed by atoms with Gasteiger partial charge in [0.25, 0.3) is 0 Å². The topological polar surface area (TPSA) is 152 Å². The largest absolute Gasteiger partial charge is 0.481 e. The SMILES string of the molecule is CCCCC[C@@H]1C=C[C@@H](CCCCC[C@H](C(=O)O)[C@H](O)CC[C@]2(O)C[C@H](CC3=CCNC(N)=C3)C[C@H]2Cc2ccc(Cc3ccccc3)[nH]2)[C@H](O)C1. The maximum atomic E-state index is 12.3. The Bertz CT molecular complexity index is 1480. The second-order valence-corrected chi connectivity index (χ2v) is 16.2. The van der Waals surface area contributed by atoms with Gasteiger partial charge in [0.15, 0.2) is 0 Å². The summed E-state index contributed by atoms with van der Waals surface area (Å²) in [6.07, 6.45) is 21.2. The molecule has 8 N–H and O–H groups in total. The number of allylic oxidation sites excluding steroid dienone is 3. The first-order chi connectivity index (χ1) is 25.1. The number of aliphatic carboxylic acids is 1. The van der Waals surface area contributed by atoms with Crippen molar-refractivity contribution >= 4 is 5.97 Å². The van der Waals surface area contributed by atoms with Gasteiger partial charge in [0.1, 0.15) is 0 Å². The molecule has 3 aliphatic rings. The molecule has 2 heterocycles. The van der Waals surface area contributed by atoms with Gasteiger partial charge in [0.05, 0.1) is 29.5 Å². The predicted octanol–water partition coefficient (Wildman–Crippen LogP) is 7.55. The van der Waals surface area contributed by atoms with E-state index in [0.29, 0.717) is 50.4 Å². The average Bonchev–Trinajstić information content (AvgIpc) is 3.69. The minimum absolute atomic E-state index is 0.0179. The lowest BCUT2D eigenvalue weighted by Crippen LogP contribution is -2.37. The molecular formula is C44H65N3O5. The van der Waals surface area contributed by atoms with Gasteiger partial charge in [-0.25, -0.2) is 0 Å². The highest BCUT2D eigenvalue weighted by Gasteiger charge is 2.46. The second kappa shape index (κ2) is 19.7. The first kappa shape index (κ1) is 39.9. The number of aromatic nitrogens is 1. The molecule has 0 unspecified atom stereocenters. The van der Waals surface area contributed by atoms with Crippen LogP contribution in [-0.2, 0) is 17.6 Å². The first-order valence-electron chi connectivity index (χ1n) is 20.2. The van der Waals surface area contributed by atoms with E-state index in [9.17, 15) is 25.2 Å². The number of nitrogens with one attached hydrogen (secondary N) is 2. The summed E-state index contributed by atoms with van der Waals surface area (Å²) < 4.78 is 0. The van der Waals surface area contributed by atoms with Crippen molar-refractivity contribution in [3.8, 4) is 0 Å². The number of H-pyrrole nitrogens is 1. The van der Waals surface area contributed by atoms with E-state index in [-0.39, 0.29) is 30.3 Å². The average molecular weight is 716 g/mol. The van der Waals surface area contributed by atoms with Gasteiger partial charge in [-0.2, -0.15) is 0 Å². The highest BCUT2D eigenvalue weighted by molar-refractivity contribution is 5.70. The van der Waals surface area contributed by atoms with E-state index in [0.717, 1.165) is 62.8 Å². The summed E-state index contributed by atoms with van der Waals surface area (Å²) in [7, 11) is 0. The van der Waals surface area contributed by atoms with Crippen LogP contribution in [0.5, 0.6) is 0 Å². The number of nitrogens with two attached hydrogens (primary N) is 1. The maximum Gasteiger partial charge on any atom is 0.309 e. The molecule has 5 rings (SSSR count). The van der Waals surface area contributed by atoms with Crippen molar-refractivity contribution in [1.29, 1.82) is 0 Å². The number of hydrogen-bond donors (Lipinski definition) is 7. The first-order valence-corrected chi connectivity index (χ1v) is 20.2. The summed E-state index contributed by atoms with van der Waals surface area (Å²) in [5, 5.41) is 47.5. The number of rotatable bonds is 21. The Hall–Kier alpha value is -3.33. The van der Waals surface area contributed by atoms with Gasteiger partial charge in [0, 0.05) is 30.3 Å². The fourth-order valence-corrected chi connectivity index (χ4v) is 9.14. The number of carboxylic acids is 1. The Morgan fingerprint density at radius 2 is 1.75 bits per heavy atom. The molecular weight excluding hydrogens is 650 g/mol. The van der Waals surface area contributed by atoms with E-state index in [1.807, 2.05) is 24.3 Å². The Morgan fingerprint density at radius 3 is 2.50 bits per heavy atom. The smallest absolute Gasteiger partial charge is 0.309 e. The summed E-state index contributed by atoms with van der Waals surface area (Å²) in [6, 6.07) is 14.6. The zero-order chi connectivity index (χ0) is 36.9. The molecule has 0 radical (unpaired) electrons. The third-order valence-electron chi connectivity index (χ3n) is 12.1. The van der Waals surface area contributed by atoms with E-state index in [4.69, 9.17) is 5.73 Å². The number of aromatic amines is 1. The van der Waals surface area contributed by atoms with Crippen molar-refractivity contribution in [3.05, 3.63) is 95.1 Å². The molecule has 0 spiro atoms. The van der Waals surface area contributed by atoms with Crippen LogP contribution < -0.4 is 11.1 Å². The quantitative estimate of drug-likeness (QED) is 0.0521. The van der Waals surface area contributed by atoms with Crippen molar-refractivity contribution in [2.75, 3.05) is 6.54 Å². The van der Waals surface area contributed by atoms with Gasteiger partial charge < -0.3 is 36.5 Å². The summed E-state index contributed by atoms with van der Waals surface area (Å²) in [6.45, 7) is 2.91. The lowest BCUT2D eigenvalue weighted by molar-refractivity contribution is -0.146. The molecule has 0 amide bonds. The maximum absolute atomic E-state index is 12.3. The molecule has 1 saturated carbocycles. The molecule has 0 saturated heterocycles. The second-order valence-electron chi connectivity index (χ2n) is 16.2. The molecule has 0 bridgehead atoms. The van der Waals surface area contributed by atoms with Crippen LogP contribution in [0.1, 0.15) is 120 Å². The number of hydrogen-bond acceptors (Lipinski definition) is 6. The number of benzene rings is 1. The molecule has 8 heteroatoms. The summed E-state index contributed by atoms with van der Waals surface area (Å²) in [5.74, 6) is -0.270. The van der Waals surface area contributed by atoms with Gasteiger partial charge in [-0.3, -0.25) is 4.79 Å². The number of unbranched alkanes of at least 4 members (excludes halogenated alkanes) is 4. The minimum atomic E-state index is -1.02. The van der Waals surface area contributed by atoms with E-state index >= 15 is 0 Å². The molecule has 1 aromatic carbocycles. The Labute approximate surface area is 311 Å². The molecule has 286 valence electrons. The molecule has 1 aromatic heterocycles. The van der Waals surface area contributed by atoms with Crippen molar-refractivity contribution in [2.45, 2.75) is 134 Å². The third-order valence-corrected chi connectivity index (χ3v) is 12.1. The summed E-state index contributed by atoms with van der Waals surface area (Å²) in [5.41, 5.74) is 9.69. The summed E-state index contributed by atoms with van der Waals surface area (Å²) in [4.78, 5) is 15.9. The van der Waals surface area contributed by atoms with E-state index in [1.54, 1.807) is 0 Å². The van der Waals surface area contributed by atoms with Gasteiger partial charge in [-0.1, -0.05) is 94.0 Å². The van der Waals surface area contributed by atoms with Crippen molar-refractivity contribution in [3.63, 3.8) is 0 Å². The van der Waals surface area contributed by atoms with Crippen LogP contribution in [0.2, 0.25) is 0 Å². The zero-order valence-corrected chi connectivity index (χ0v) is 31.4. The Morgan fingerprint density at radius 1 is 0.962 bits per heavy atom. The van der Waals surface area contributed by atoms with E-state index < -0.39 is 23.6 Å². The van der Waals surface area contributed by atoms with Gasteiger partial charge in [-0.15, -0.1) is 0 Å². The Balaban J connectivity index is 1.13. The molecule has 2 aliphatic carbocycles. The van der Waals surface area contributed by atoms with Crippen LogP contribution in [0.15, 0.2) is 78.2 Å². The highest BCUT2D eigenvalue weighted by atomic mass is 16.4. The van der Waals surface area contributed by atoms with Crippen LogP contribution in [0, 0.1) is 29.6 Å². The normalized spacial score (nSPS) is 27.1. The van der Waals surface area contributed by atoms with Gasteiger partial charge in [-0.05, 0) is 111 Å². The monoisotopic (exact) mass is 715 g/mol. The molecule has 1 aliphatic heterocycles. The Kier molecular flexibility index (Phi) is 15.1. The zero-order valence-electron chi connectivity index (χ0n) is 31.4. The number of aliphatic hydroxyl groups is 3. The van der Waals surface area contributed by atoms with Gasteiger partial charge >= 0.3 is 5.97 Å². The van der Waals surface area contributed by atoms with Crippen molar-refractivity contribution < 1.29 is 25.2 Å². The molecule has 1 fully saturated rings. The number of dihydropyridines is 1. The fourth-order valence-electron chi connectivity index (χ4n) is 9.14. The minimum Gasteiger partial charge on any atom is -0.481 e. The van der Waals surface area contributed by atoms with Crippen LogP contribution in [-0.4, -0.2) is 55.7 Å². The number of carboxylic acid groups (broad SMARTS) is 1. The molecule has 8 atom stereocenters. The van der Waals surface area contributed by atoms with Crippen molar-refractivity contribution in [2.24, 2.45) is 35.3 Å². The van der Waals surface area contributed by atoms with Gasteiger partial charge in [0.2, 0.25) is 0 Å². The fraction of sp³-hybridized carbons (Fsp3) is 0.614. The highest BCUT2D eigenvalue weighted by Crippen LogP contribution is 2.47.